The lowest BCUT2D eigenvalue weighted by atomic mass is 10.1. The predicted molar refractivity (Wildman–Crippen MR) is 95.9 cm³/mol. The zero-order valence-electron chi connectivity index (χ0n) is 13.4. The van der Waals surface area contributed by atoms with Gasteiger partial charge in [0, 0.05) is 10.7 Å². The summed E-state index contributed by atoms with van der Waals surface area (Å²) >= 11 is 5.82. The van der Waals surface area contributed by atoms with Crippen molar-refractivity contribution in [2.45, 2.75) is 20.0 Å². The average molecular weight is 341 g/mol. The number of anilines is 1. The third-order valence-corrected chi connectivity index (χ3v) is 3.28. The zero-order valence-corrected chi connectivity index (χ0v) is 14.2. The summed E-state index contributed by atoms with van der Waals surface area (Å²) in [5, 5.41) is 12.5. The molecule has 0 heterocycles. The number of rotatable bonds is 5. The van der Waals surface area contributed by atoms with Gasteiger partial charge in [-0.25, -0.2) is 0 Å². The topological polar surface area (TPSA) is 62.1 Å². The van der Waals surface area contributed by atoms with Crippen molar-refractivity contribution in [3.8, 4) is 11.8 Å². The van der Waals surface area contributed by atoms with Gasteiger partial charge in [-0.1, -0.05) is 23.7 Å². The molecule has 2 aromatic rings. The molecule has 0 saturated carbocycles. The first kappa shape index (κ1) is 17.6. The second kappa shape index (κ2) is 8.19. The Labute approximate surface area is 146 Å². The Morgan fingerprint density at radius 3 is 2.33 bits per heavy atom. The van der Waals surface area contributed by atoms with Gasteiger partial charge < -0.3 is 10.1 Å². The molecule has 2 aromatic carbocycles. The summed E-state index contributed by atoms with van der Waals surface area (Å²) in [5.41, 5.74) is 1.33. The van der Waals surface area contributed by atoms with Crippen LogP contribution in [-0.2, 0) is 4.79 Å². The van der Waals surface area contributed by atoms with Crippen LogP contribution < -0.4 is 10.1 Å². The highest BCUT2D eigenvalue weighted by Gasteiger charge is 2.09. The van der Waals surface area contributed by atoms with E-state index in [1.54, 1.807) is 48.5 Å². The van der Waals surface area contributed by atoms with Crippen molar-refractivity contribution in [3.63, 3.8) is 0 Å². The highest BCUT2D eigenvalue weighted by atomic mass is 35.5. The molecule has 0 aliphatic heterocycles. The third kappa shape index (κ3) is 5.15. The van der Waals surface area contributed by atoms with Crippen molar-refractivity contribution in [1.29, 1.82) is 5.26 Å². The van der Waals surface area contributed by atoms with E-state index in [4.69, 9.17) is 16.3 Å². The highest BCUT2D eigenvalue weighted by molar-refractivity contribution is 6.30. The van der Waals surface area contributed by atoms with E-state index in [-0.39, 0.29) is 11.7 Å². The Morgan fingerprint density at radius 2 is 1.79 bits per heavy atom. The number of amides is 1. The molecule has 0 bridgehead atoms. The minimum Gasteiger partial charge on any atom is -0.491 e. The van der Waals surface area contributed by atoms with Gasteiger partial charge in [-0.15, -0.1) is 0 Å². The summed E-state index contributed by atoms with van der Waals surface area (Å²) in [6, 6.07) is 15.8. The van der Waals surface area contributed by atoms with Gasteiger partial charge in [-0.3, -0.25) is 4.79 Å². The zero-order chi connectivity index (χ0) is 17.5. The molecule has 0 aliphatic rings. The van der Waals surface area contributed by atoms with E-state index < -0.39 is 5.91 Å². The van der Waals surface area contributed by atoms with Gasteiger partial charge in [0.25, 0.3) is 5.91 Å². The first-order valence-corrected chi connectivity index (χ1v) is 7.81. The highest BCUT2D eigenvalue weighted by Crippen LogP contribution is 2.18. The first-order valence-electron chi connectivity index (χ1n) is 7.43. The maximum absolute atomic E-state index is 12.2. The Morgan fingerprint density at radius 1 is 1.17 bits per heavy atom. The summed E-state index contributed by atoms with van der Waals surface area (Å²) in [7, 11) is 0. The number of nitrogens with one attached hydrogen (secondary N) is 1. The normalized spacial score (nSPS) is 11.0. The molecule has 0 atom stereocenters. The second-order valence-corrected chi connectivity index (χ2v) is 5.80. The number of halogens is 1. The fourth-order valence-electron chi connectivity index (χ4n) is 1.96. The number of hydrogen-bond donors (Lipinski definition) is 1. The fourth-order valence-corrected chi connectivity index (χ4v) is 2.09. The van der Waals surface area contributed by atoms with Crippen molar-refractivity contribution in [2.24, 2.45) is 0 Å². The van der Waals surface area contributed by atoms with Gasteiger partial charge in [0.05, 0.1) is 6.10 Å². The first-order chi connectivity index (χ1) is 11.5. The number of benzene rings is 2. The van der Waals surface area contributed by atoms with Crippen molar-refractivity contribution < 1.29 is 9.53 Å². The molecule has 0 unspecified atom stereocenters. The van der Waals surface area contributed by atoms with Gasteiger partial charge in [-0.05, 0) is 61.9 Å². The van der Waals surface area contributed by atoms with E-state index in [1.165, 1.54) is 6.08 Å². The van der Waals surface area contributed by atoms with E-state index in [2.05, 4.69) is 5.32 Å². The molecule has 0 aromatic heterocycles. The average Bonchev–Trinajstić information content (AvgIpc) is 2.55. The molecule has 122 valence electrons. The summed E-state index contributed by atoms with van der Waals surface area (Å²) < 4.78 is 5.54. The van der Waals surface area contributed by atoms with Crippen LogP contribution in [0.3, 0.4) is 0 Å². The van der Waals surface area contributed by atoms with E-state index in [0.717, 1.165) is 11.3 Å². The lowest BCUT2D eigenvalue weighted by molar-refractivity contribution is -0.112. The monoisotopic (exact) mass is 340 g/mol. The molecule has 0 fully saturated rings. The quantitative estimate of drug-likeness (QED) is 0.635. The standard InChI is InChI=1S/C19H17ClN2O2/c1-13(2)24-18-9-7-17(8-10-18)22-19(23)15(12-21)11-14-3-5-16(20)6-4-14/h3-11,13H,1-2H3,(H,22,23). The van der Waals surface area contributed by atoms with Gasteiger partial charge >= 0.3 is 0 Å². The minimum atomic E-state index is -0.468. The minimum absolute atomic E-state index is 0.0137. The summed E-state index contributed by atoms with van der Waals surface area (Å²) in [5.74, 6) is 0.255. The van der Waals surface area contributed by atoms with E-state index in [9.17, 15) is 10.1 Å². The molecule has 24 heavy (non-hydrogen) atoms. The van der Waals surface area contributed by atoms with Crippen LogP contribution in [0.5, 0.6) is 5.75 Å². The fraction of sp³-hybridized carbons (Fsp3) is 0.158. The van der Waals surface area contributed by atoms with Crippen LogP contribution in [0, 0.1) is 11.3 Å². The second-order valence-electron chi connectivity index (χ2n) is 5.37. The summed E-state index contributed by atoms with van der Waals surface area (Å²) in [4.78, 5) is 12.2. The maximum Gasteiger partial charge on any atom is 0.266 e. The van der Waals surface area contributed by atoms with Gasteiger partial charge in [-0.2, -0.15) is 5.26 Å². The number of nitrogens with zero attached hydrogens (tertiary/aromatic N) is 1. The van der Waals surface area contributed by atoms with Gasteiger partial charge in [0.15, 0.2) is 0 Å². The SMILES string of the molecule is CC(C)Oc1ccc(NC(=O)C(C#N)=Cc2ccc(Cl)cc2)cc1. The Kier molecular flexibility index (Phi) is 6.00. The summed E-state index contributed by atoms with van der Waals surface area (Å²) in [6.45, 7) is 3.88. The van der Waals surface area contributed by atoms with Crippen LogP contribution in [0.2, 0.25) is 5.02 Å². The Bertz CT molecular complexity index is 773. The molecule has 0 spiro atoms. The molecular formula is C19H17ClN2O2. The van der Waals surface area contributed by atoms with Crippen LogP contribution in [0.4, 0.5) is 5.69 Å². The number of nitriles is 1. The van der Waals surface area contributed by atoms with Crippen molar-refractivity contribution >= 4 is 29.3 Å². The van der Waals surface area contributed by atoms with Gasteiger partial charge in [0.1, 0.15) is 17.4 Å². The third-order valence-electron chi connectivity index (χ3n) is 3.03. The molecule has 4 nitrogen and oxygen atoms in total. The van der Waals surface area contributed by atoms with Crippen LogP contribution in [0.15, 0.2) is 54.1 Å². The summed E-state index contributed by atoms with van der Waals surface area (Å²) in [6.07, 6.45) is 1.60. The van der Waals surface area contributed by atoms with Crippen LogP contribution in [0.25, 0.3) is 6.08 Å². The molecule has 5 heteroatoms. The van der Waals surface area contributed by atoms with Crippen LogP contribution >= 0.6 is 11.6 Å². The van der Waals surface area contributed by atoms with Crippen molar-refractivity contribution in [1.82, 2.24) is 0 Å². The van der Waals surface area contributed by atoms with Gasteiger partial charge in [0.2, 0.25) is 0 Å². The van der Waals surface area contributed by atoms with E-state index >= 15 is 0 Å². The smallest absolute Gasteiger partial charge is 0.266 e. The lowest BCUT2D eigenvalue weighted by Gasteiger charge is -2.10. The molecule has 1 N–H and O–H groups in total. The molecule has 1 amide bonds. The Hall–Kier alpha value is -2.77. The molecule has 2 rings (SSSR count). The molecular weight excluding hydrogens is 324 g/mol. The van der Waals surface area contributed by atoms with Crippen LogP contribution in [0.1, 0.15) is 19.4 Å². The van der Waals surface area contributed by atoms with Crippen LogP contribution in [-0.4, -0.2) is 12.0 Å². The van der Waals surface area contributed by atoms with Crippen molar-refractivity contribution in [3.05, 3.63) is 64.7 Å². The largest absolute Gasteiger partial charge is 0.491 e. The maximum atomic E-state index is 12.2. The van der Waals surface area contributed by atoms with Crippen molar-refractivity contribution in [2.75, 3.05) is 5.32 Å². The number of carbonyl (C=O) groups excluding carboxylic acids is 1. The molecule has 0 radical (unpaired) electrons. The van der Waals surface area contributed by atoms with E-state index in [1.807, 2.05) is 19.9 Å². The number of carbonyl (C=O) groups is 1. The Balaban J connectivity index is 2.09. The molecule has 0 aliphatic carbocycles. The van der Waals surface area contributed by atoms with E-state index in [0.29, 0.717) is 10.7 Å². The number of hydrogen-bond acceptors (Lipinski definition) is 3. The predicted octanol–water partition coefficient (Wildman–Crippen LogP) is 4.67. The lowest BCUT2D eigenvalue weighted by Crippen LogP contribution is -2.13. The number of ether oxygens (including phenoxy) is 1. The molecule has 0 saturated heterocycles.